The van der Waals surface area contributed by atoms with Crippen LogP contribution >= 0.6 is 0 Å². The molecule has 15 heavy (non-hydrogen) atoms. The highest BCUT2D eigenvalue weighted by Gasteiger charge is 2.11. The van der Waals surface area contributed by atoms with Crippen LogP contribution in [-0.2, 0) is 4.79 Å². The van der Waals surface area contributed by atoms with Crippen LogP contribution in [0.3, 0.4) is 0 Å². The van der Waals surface area contributed by atoms with Gasteiger partial charge in [-0.1, -0.05) is 42.8 Å². The number of terminal acetylenes is 1. The van der Waals surface area contributed by atoms with Gasteiger partial charge in [0.05, 0.1) is 0 Å². The molecule has 1 N–H and O–H groups in total. The minimum atomic E-state index is -0.393. The van der Waals surface area contributed by atoms with Crippen LogP contribution in [0.4, 0.5) is 0 Å². The SMILES string of the molecule is C#CC(NC(=O)C(=C)C)c1ccccc1. The van der Waals surface area contributed by atoms with Crippen molar-refractivity contribution in [1.82, 2.24) is 5.32 Å². The summed E-state index contributed by atoms with van der Waals surface area (Å²) in [6, 6.07) is 9.03. The average Bonchev–Trinajstić information content (AvgIpc) is 2.26. The summed E-state index contributed by atoms with van der Waals surface area (Å²) in [5, 5.41) is 2.71. The Bertz CT molecular complexity index is 400. The molecular formula is C13H13NO. The van der Waals surface area contributed by atoms with Crippen LogP contribution in [0, 0.1) is 12.3 Å². The Morgan fingerprint density at radius 2 is 2.07 bits per heavy atom. The van der Waals surface area contributed by atoms with Crippen molar-refractivity contribution in [3.63, 3.8) is 0 Å². The van der Waals surface area contributed by atoms with Gasteiger partial charge in [0.15, 0.2) is 0 Å². The summed E-state index contributed by atoms with van der Waals surface area (Å²) in [7, 11) is 0. The molecule has 0 aromatic heterocycles. The van der Waals surface area contributed by atoms with E-state index in [0.717, 1.165) is 5.56 Å². The molecule has 0 aliphatic rings. The Balaban J connectivity index is 2.79. The molecule has 1 atom stereocenters. The topological polar surface area (TPSA) is 29.1 Å². The average molecular weight is 199 g/mol. The summed E-state index contributed by atoms with van der Waals surface area (Å²) < 4.78 is 0. The lowest BCUT2D eigenvalue weighted by atomic mass is 10.1. The molecule has 1 aromatic carbocycles. The third-order valence-electron chi connectivity index (χ3n) is 1.96. The van der Waals surface area contributed by atoms with Gasteiger partial charge in [-0.2, -0.15) is 0 Å². The Kier molecular flexibility index (Phi) is 3.70. The molecule has 0 aliphatic heterocycles. The van der Waals surface area contributed by atoms with Crippen molar-refractivity contribution in [2.75, 3.05) is 0 Å². The fraction of sp³-hybridized carbons (Fsp3) is 0.154. The Labute approximate surface area is 90.0 Å². The van der Waals surface area contributed by atoms with E-state index < -0.39 is 6.04 Å². The molecule has 1 aromatic rings. The minimum Gasteiger partial charge on any atom is -0.335 e. The number of carbonyl (C=O) groups excluding carboxylic acids is 1. The first-order valence-electron chi connectivity index (χ1n) is 4.62. The lowest BCUT2D eigenvalue weighted by Crippen LogP contribution is -2.27. The molecule has 0 saturated heterocycles. The van der Waals surface area contributed by atoms with Gasteiger partial charge in [0.25, 0.3) is 0 Å². The standard InChI is InChI=1S/C13H13NO/c1-4-12(14-13(15)10(2)3)11-8-6-5-7-9-11/h1,5-9,12H,2H2,3H3,(H,14,15). The molecule has 0 spiro atoms. The van der Waals surface area contributed by atoms with Crippen LogP contribution in [0.15, 0.2) is 42.5 Å². The summed E-state index contributed by atoms with van der Waals surface area (Å²) in [5.41, 5.74) is 1.35. The number of benzene rings is 1. The highest BCUT2D eigenvalue weighted by Crippen LogP contribution is 2.11. The van der Waals surface area contributed by atoms with Crippen LogP contribution in [0.5, 0.6) is 0 Å². The normalized spacial score (nSPS) is 11.2. The summed E-state index contributed by atoms with van der Waals surface area (Å²) in [6.45, 7) is 5.20. The Morgan fingerprint density at radius 1 is 1.47 bits per heavy atom. The second-order valence-corrected chi connectivity index (χ2v) is 3.26. The first kappa shape index (κ1) is 11.1. The number of rotatable bonds is 3. The number of hydrogen-bond acceptors (Lipinski definition) is 1. The first-order chi connectivity index (χ1) is 7.15. The Morgan fingerprint density at radius 3 is 2.53 bits per heavy atom. The van der Waals surface area contributed by atoms with E-state index >= 15 is 0 Å². The van der Waals surface area contributed by atoms with E-state index in [1.165, 1.54) is 0 Å². The molecule has 0 heterocycles. The van der Waals surface area contributed by atoms with E-state index in [9.17, 15) is 4.79 Å². The fourth-order valence-corrected chi connectivity index (χ4v) is 1.12. The van der Waals surface area contributed by atoms with Gasteiger partial charge in [-0.25, -0.2) is 0 Å². The second kappa shape index (κ2) is 5.02. The van der Waals surface area contributed by atoms with Crippen LogP contribution < -0.4 is 5.32 Å². The van der Waals surface area contributed by atoms with Gasteiger partial charge in [-0.3, -0.25) is 4.79 Å². The van der Waals surface area contributed by atoms with Crippen LogP contribution in [0.25, 0.3) is 0 Å². The molecule has 1 rings (SSSR count). The van der Waals surface area contributed by atoms with Crippen LogP contribution in [0.2, 0.25) is 0 Å². The van der Waals surface area contributed by atoms with E-state index in [4.69, 9.17) is 6.42 Å². The second-order valence-electron chi connectivity index (χ2n) is 3.26. The van der Waals surface area contributed by atoms with Crippen molar-refractivity contribution in [3.05, 3.63) is 48.0 Å². The van der Waals surface area contributed by atoms with Gasteiger partial charge in [-0.05, 0) is 12.5 Å². The quantitative estimate of drug-likeness (QED) is 0.586. The molecule has 2 heteroatoms. The number of nitrogens with one attached hydrogen (secondary N) is 1. The lowest BCUT2D eigenvalue weighted by molar-refractivity contribution is -0.117. The summed E-state index contributed by atoms with van der Waals surface area (Å²) in [6.07, 6.45) is 5.36. The molecule has 0 bridgehead atoms. The molecule has 1 amide bonds. The summed E-state index contributed by atoms with van der Waals surface area (Å²) in [5.74, 6) is 2.31. The molecular weight excluding hydrogens is 186 g/mol. The van der Waals surface area contributed by atoms with E-state index in [0.29, 0.717) is 5.57 Å². The smallest absolute Gasteiger partial charge is 0.247 e. The van der Waals surface area contributed by atoms with Gasteiger partial charge in [-0.15, -0.1) is 6.42 Å². The van der Waals surface area contributed by atoms with E-state index in [1.54, 1.807) is 6.92 Å². The minimum absolute atomic E-state index is 0.221. The third-order valence-corrected chi connectivity index (χ3v) is 1.96. The van der Waals surface area contributed by atoms with Gasteiger partial charge in [0, 0.05) is 5.57 Å². The maximum atomic E-state index is 11.4. The Hall–Kier alpha value is -2.01. The van der Waals surface area contributed by atoms with E-state index in [2.05, 4.69) is 17.8 Å². The van der Waals surface area contributed by atoms with E-state index in [-0.39, 0.29) is 5.91 Å². The molecule has 1 unspecified atom stereocenters. The van der Waals surface area contributed by atoms with Gasteiger partial charge in [0.1, 0.15) is 6.04 Å². The van der Waals surface area contributed by atoms with Crippen molar-refractivity contribution in [2.24, 2.45) is 0 Å². The number of hydrogen-bond donors (Lipinski definition) is 1. The van der Waals surface area contributed by atoms with E-state index in [1.807, 2.05) is 30.3 Å². The fourth-order valence-electron chi connectivity index (χ4n) is 1.12. The van der Waals surface area contributed by atoms with Crippen LogP contribution in [0.1, 0.15) is 18.5 Å². The van der Waals surface area contributed by atoms with Crippen molar-refractivity contribution in [2.45, 2.75) is 13.0 Å². The maximum Gasteiger partial charge on any atom is 0.247 e. The molecule has 2 nitrogen and oxygen atoms in total. The highest BCUT2D eigenvalue weighted by molar-refractivity contribution is 5.92. The molecule has 76 valence electrons. The lowest BCUT2D eigenvalue weighted by Gasteiger charge is -2.13. The van der Waals surface area contributed by atoms with Crippen molar-refractivity contribution in [1.29, 1.82) is 0 Å². The van der Waals surface area contributed by atoms with Crippen LogP contribution in [-0.4, -0.2) is 5.91 Å². The molecule has 0 saturated carbocycles. The predicted molar refractivity (Wildman–Crippen MR) is 61.0 cm³/mol. The molecule has 0 fully saturated rings. The van der Waals surface area contributed by atoms with Gasteiger partial charge in [0.2, 0.25) is 5.91 Å². The first-order valence-corrected chi connectivity index (χ1v) is 4.62. The highest BCUT2D eigenvalue weighted by atomic mass is 16.1. The zero-order valence-corrected chi connectivity index (χ0v) is 8.66. The molecule has 0 radical (unpaired) electrons. The summed E-state index contributed by atoms with van der Waals surface area (Å²) >= 11 is 0. The van der Waals surface area contributed by atoms with Gasteiger partial charge < -0.3 is 5.32 Å². The maximum absolute atomic E-state index is 11.4. The number of carbonyl (C=O) groups is 1. The largest absolute Gasteiger partial charge is 0.335 e. The zero-order valence-electron chi connectivity index (χ0n) is 8.66. The predicted octanol–water partition coefficient (Wildman–Crippen LogP) is 2.05. The monoisotopic (exact) mass is 199 g/mol. The van der Waals surface area contributed by atoms with Gasteiger partial charge >= 0.3 is 0 Å². The summed E-state index contributed by atoms with van der Waals surface area (Å²) in [4.78, 5) is 11.4. The van der Waals surface area contributed by atoms with Crippen molar-refractivity contribution < 1.29 is 4.79 Å². The third kappa shape index (κ3) is 2.99. The number of amides is 1. The van der Waals surface area contributed by atoms with Crippen molar-refractivity contribution in [3.8, 4) is 12.3 Å². The molecule has 0 aliphatic carbocycles. The van der Waals surface area contributed by atoms with Crippen molar-refractivity contribution >= 4 is 5.91 Å². The zero-order chi connectivity index (χ0) is 11.3.